The first-order valence-electron chi connectivity index (χ1n) is 5.01. The lowest BCUT2D eigenvalue weighted by Crippen LogP contribution is -2.54. The molecule has 0 aliphatic rings. The largest absolute Gasteiger partial charge is 0.464 e. The molecule has 0 rings (SSSR count). The number of carbonyl (C=O) groups is 1. The third kappa shape index (κ3) is 3.71. The molecule has 0 radical (unpaired) electrons. The highest BCUT2D eigenvalue weighted by Crippen LogP contribution is 2.17. The van der Waals surface area contributed by atoms with Gasteiger partial charge < -0.3 is 24.4 Å². The van der Waals surface area contributed by atoms with Gasteiger partial charge in [0.05, 0.1) is 13.2 Å². The number of hydrogen-bond acceptors (Lipinski definition) is 6. The van der Waals surface area contributed by atoms with Gasteiger partial charge in [0.25, 0.3) is 0 Å². The van der Waals surface area contributed by atoms with E-state index in [0.29, 0.717) is 0 Å². The van der Waals surface area contributed by atoms with Crippen LogP contribution in [0, 0.1) is 0 Å². The van der Waals surface area contributed by atoms with Crippen LogP contribution in [0.15, 0.2) is 0 Å². The smallest absolute Gasteiger partial charge is 0.340 e. The molecule has 0 saturated heterocycles. The van der Waals surface area contributed by atoms with Gasteiger partial charge in [-0.25, -0.2) is 4.79 Å². The number of aliphatic hydroxyl groups is 2. The SMILES string of the molecule is CCOC(=O)C(C)(O)[C@H](O)[C@H](COC)OC. The Morgan fingerprint density at radius 3 is 2.38 bits per heavy atom. The van der Waals surface area contributed by atoms with Crippen LogP contribution in [0.3, 0.4) is 0 Å². The van der Waals surface area contributed by atoms with Crippen LogP contribution >= 0.6 is 0 Å². The molecule has 0 aliphatic carbocycles. The molecule has 0 bridgehead atoms. The topological polar surface area (TPSA) is 85.2 Å². The van der Waals surface area contributed by atoms with E-state index in [4.69, 9.17) is 9.47 Å². The molecule has 0 heterocycles. The molecule has 2 N–H and O–H groups in total. The predicted molar refractivity (Wildman–Crippen MR) is 55.9 cm³/mol. The number of ether oxygens (including phenoxy) is 3. The molecular formula is C10H20O6. The zero-order chi connectivity index (χ0) is 12.8. The van der Waals surface area contributed by atoms with Crippen LogP contribution in [-0.4, -0.2) is 61.4 Å². The van der Waals surface area contributed by atoms with Gasteiger partial charge in [0.2, 0.25) is 0 Å². The predicted octanol–water partition coefficient (Wildman–Crippen LogP) is -0.677. The molecular weight excluding hydrogens is 216 g/mol. The van der Waals surface area contributed by atoms with Crippen LogP contribution in [0.25, 0.3) is 0 Å². The molecule has 0 spiro atoms. The van der Waals surface area contributed by atoms with Gasteiger partial charge in [-0.05, 0) is 13.8 Å². The lowest BCUT2D eigenvalue weighted by atomic mass is 9.95. The first kappa shape index (κ1) is 15.3. The minimum Gasteiger partial charge on any atom is -0.464 e. The number of rotatable bonds is 7. The third-order valence-corrected chi connectivity index (χ3v) is 2.25. The second kappa shape index (κ2) is 6.80. The van der Waals surface area contributed by atoms with Gasteiger partial charge in [0.15, 0.2) is 5.60 Å². The molecule has 6 heteroatoms. The molecule has 16 heavy (non-hydrogen) atoms. The standard InChI is InChI=1S/C10H20O6/c1-5-16-9(12)10(2,13)8(11)7(15-4)6-14-3/h7-8,11,13H,5-6H2,1-4H3/t7-,8+,10?/m0/s1. The fourth-order valence-corrected chi connectivity index (χ4v) is 1.21. The van der Waals surface area contributed by atoms with E-state index in [0.717, 1.165) is 0 Å². The van der Waals surface area contributed by atoms with Crippen molar-refractivity contribution >= 4 is 5.97 Å². The fraction of sp³-hybridized carbons (Fsp3) is 0.900. The van der Waals surface area contributed by atoms with Crippen LogP contribution < -0.4 is 0 Å². The van der Waals surface area contributed by atoms with Gasteiger partial charge in [-0.3, -0.25) is 0 Å². The minimum absolute atomic E-state index is 0.0627. The summed E-state index contributed by atoms with van der Waals surface area (Å²) in [6.07, 6.45) is -2.22. The molecule has 0 fully saturated rings. The Morgan fingerprint density at radius 1 is 1.44 bits per heavy atom. The van der Waals surface area contributed by atoms with Crippen molar-refractivity contribution < 1.29 is 29.2 Å². The molecule has 0 aromatic carbocycles. The second-order valence-electron chi connectivity index (χ2n) is 3.54. The van der Waals surface area contributed by atoms with Gasteiger partial charge in [-0.2, -0.15) is 0 Å². The van der Waals surface area contributed by atoms with Crippen LogP contribution in [0.2, 0.25) is 0 Å². The van der Waals surface area contributed by atoms with Crippen LogP contribution in [0.5, 0.6) is 0 Å². The number of methoxy groups -OCH3 is 2. The number of carbonyl (C=O) groups excluding carboxylic acids is 1. The molecule has 0 aliphatic heterocycles. The van der Waals surface area contributed by atoms with E-state index < -0.39 is 23.8 Å². The monoisotopic (exact) mass is 236 g/mol. The Morgan fingerprint density at radius 2 is 2.00 bits per heavy atom. The molecule has 0 amide bonds. The van der Waals surface area contributed by atoms with E-state index in [-0.39, 0.29) is 13.2 Å². The molecule has 3 atom stereocenters. The Kier molecular flexibility index (Phi) is 6.51. The van der Waals surface area contributed by atoms with Gasteiger partial charge >= 0.3 is 5.97 Å². The highest BCUT2D eigenvalue weighted by molar-refractivity contribution is 5.79. The third-order valence-electron chi connectivity index (χ3n) is 2.25. The normalized spacial score (nSPS) is 18.6. The van der Waals surface area contributed by atoms with Gasteiger partial charge in [0, 0.05) is 14.2 Å². The van der Waals surface area contributed by atoms with Crippen LogP contribution in [0.1, 0.15) is 13.8 Å². The lowest BCUT2D eigenvalue weighted by Gasteiger charge is -2.31. The van der Waals surface area contributed by atoms with E-state index in [1.54, 1.807) is 6.92 Å². The molecule has 0 aromatic rings. The van der Waals surface area contributed by atoms with Crippen molar-refractivity contribution in [1.29, 1.82) is 0 Å². The average molecular weight is 236 g/mol. The summed E-state index contributed by atoms with van der Waals surface area (Å²) < 4.78 is 14.4. The van der Waals surface area contributed by atoms with E-state index in [2.05, 4.69) is 4.74 Å². The molecule has 6 nitrogen and oxygen atoms in total. The van der Waals surface area contributed by atoms with Crippen molar-refractivity contribution in [2.75, 3.05) is 27.4 Å². The summed E-state index contributed by atoms with van der Waals surface area (Å²) in [6.45, 7) is 2.98. The van der Waals surface area contributed by atoms with E-state index in [9.17, 15) is 15.0 Å². The summed E-state index contributed by atoms with van der Waals surface area (Å²) in [5.41, 5.74) is -2.02. The summed E-state index contributed by atoms with van der Waals surface area (Å²) >= 11 is 0. The summed E-state index contributed by atoms with van der Waals surface area (Å²) in [5, 5.41) is 19.7. The van der Waals surface area contributed by atoms with Crippen molar-refractivity contribution in [2.24, 2.45) is 0 Å². The summed E-state index contributed by atoms with van der Waals surface area (Å²) in [4.78, 5) is 11.4. The fourth-order valence-electron chi connectivity index (χ4n) is 1.21. The number of esters is 1. The van der Waals surface area contributed by atoms with Crippen molar-refractivity contribution in [3.05, 3.63) is 0 Å². The Labute approximate surface area is 95.1 Å². The van der Waals surface area contributed by atoms with Crippen molar-refractivity contribution in [3.63, 3.8) is 0 Å². The van der Waals surface area contributed by atoms with Gasteiger partial charge in [0.1, 0.15) is 12.2 Å². The number of hydrogen-bond donors (Lipinski definition) is 2. The first-order valence-corrected chi connectivity index (χ1v) is 5.01. The van der Waals surface area contributed by atoms with E-state index in [1.807, 2.05) is 0 Å². The Hall–Kier alpha value is -0.690. The quantitative estimate of drug-likeness (QED) is 0.570. The maximum Gasteiger partial charge on any atom is 0.340 e. The Balaban J connectivity index is 4.64. The lowest BCUT2D eigenvalue weighted by molar-refractivity contribution is -0.188. The van der Waals surface area contributed by atoms with Gasteiger partial charge in [-0.1, -0.05) is 0 Å². The summed E-state index contributed by atoms with van der Waals surface area (Å²) in [7, 11) is 2.78. The maximum absolute atomic E-state index is 11.4. The first-order chi connectivity index (χ1) is 7.41. The molecule has 0 aromatic heterocycles. The average Bonchev–Trinajstić information content (AvgIpc) is 2.25. The summed E-state index contributed by atoms with van der Waals surface area (Å²) in [5.74, 6) is -0.888. The van der Waals surface area contributed by atoms with Crippen LogP contribution in [-0.2, 0) is 19.0 Å². The second-order valence-corrected chi connectivity index (χ2v) is 3.54. The van der Waals surface area contributed by atoms with Crippen molar-refractivity contribution in [2.45, 2.75) is 31.7 Å². The highest BCUT2D eigenvalue weighted by Gasteiger charge is 2.44. The zero-order valence-electron chi connectivity index (χ0n) is 10.1. The minimum atomic E-state index is -2.02. The molecule has 0 saturated carbocycles. The Bertz CT molecular complexity index is 215. The summed E-state index contributed by atoms with van der Waals surface area (Å²) in [6, 6.07) is 0. The maximum atomic E-state index is 11.4. The highest BCUT2D eigenvalue weighted by atomic mass is 16.6. The van der Waals surface area contributed by atoms with E-state index >= 15 is 0 Å². The zero-order valence-corrected chi connectivity index (χ0v) is 10.1. The van der Waals surface area contributed by atoms with Crippen molar-refractivity contribution in [1.82, 2.24) is 0 Å². The van der Waals surface area contributed by atoms with Crippen LogP contribution in [0.4, 0.5) is 0 Å². The molecule has 1 unspecified atom stereocenters. The van der Waals surface area contributed by atoms with Crippen molar-refractivity contribution in [3.8, 4) is 0 Å². The molecule has 96 valence electrons. The number of aliphatic hydroxyl groups excluding tert-OH is 1. The van der Waals surface area contributed by atoms with E-state index in [1.165, 1.54) is 21.1 Å². The van der Waals surface area contributed by atoms with Gasteiger partial charge in [-0.15, -0.1) is 0 Å².